The van der Waals surface area contributed by atoms with Crippen molar-refractivity contribution in [3.05, 3.63) is 0 Å². The number of aliphatic hydroxyl groups is 1. The summed E-state index contributed by atoms with van der Waals surface area (Å²) in [5.74, 6) is 0. The van der Waals surface area contributed by atoms with E-state index in [4.69, 9.17) is 4.74 Å². The lowest BCUT2D eigenvalue weighted by Crippen LogP contribution is -2.41. The lowest BCUT2D eigenvalue weighted by molar-refractivity contribution is 0.0187. The van der Waals surface area contributed by atoms with Crippen LogP contribution < -0.4 is 0 Å². The molecule has 1 atom stereocenters. The Bertz CT molecular complexity index is 278. The standard InChI is InChI=1S/C11H19NO3/c1-10(2,3)15-9(14)12-7-8(13)6-11(12)4-5-11/h8,13H,4-7H2,1-3H3/t8-/m0/s1. The zero-order chi connectivity index (χ0) is 11.3. The van der Waals surface area contributed by atoms with Gasteiger partial charge in [0, 0.05) is 5.54 Å². The molecule has 1 aliphatic heterocycles. The SMILES string of the molecule is CC(C)(C)OC(=O)N1C[C@@H](O)CC12CC2. The van der Waals surface area contributed by atoms with E-state index in [1.54, 1.807) is 4.90 Å². The summed E-state index contributed by atoms with van der Waals surface area (Å²) in [6.07, 6.45) is 2.07. The number of aliphatic hydroxyl groups excluding tert-OH is 1. The molecule has 86 valence electrons. The van der Waals surface area contributed by atoms with Gasteiger partial charge in [-0.15, -0.1) is 0 Å². The number of hydrogen-bond donors (Lipinski definition) is 1. The number of hydrogen-bond acceptors (Lipinski definition) is 3. The molecule has 1 saturated carbocycles. The second-order valence-corrected chi connectivity index (χ2v) is 5.67. The highest BCUT2D eigenvalue weighted by molar-refractivity contribution is 5.70. The molecule has 4 heteroatoms. The molecule has 0 aromatic rings. The lowest BCUT2D eigenvalue weighted by Gasteiger charge is -2.28. The number of nitrogens with zero attached hydrogens (tertiary/aromatic N) is 1. The molecule has 2 fully saturated rings. The third-order valence-electron chi connectivity index (χ3n) is 3.02. The van der Waals surface area contributed by atoms with Gasteiger partial charge in [-0.3, -0.25) is 4.90 Å². The van der Waals surface area contributed by atoms with Gasteiger partial charge in [0.05, 0.1) is 12.6 Å². The maximum absolute atomic E-state index is 11.9. The molecule has 1 saturated heterocycles. The highest BCUT2D eigenvalue weighted by atomic mass is 16.6. The molecule has 1 heterocycles. The zero-order valence-electron chi connectivity index (χ0n) is 9.62. The van der Waals surface area contributed by atoms with Crippen molar-refractivity contribution in [1.29, 1.82) is 0 Å². The molecule has 1 spiro atoms. The predicted octanol–water partition coefficient (Wildman–Crippen LogP) is 1.52. The van der Waals surface area contributed by atoms with Crippen LogP contribution in [0.1, 0.15) is 40.0 Å². The van der Waals surface area contributed by atoms with Gasteiger partial charge >= 0.3 is 6.09 Å². The third-order valence-corrected chi connectivity index (χ3v) is 3.02. The van der Waals surface area contributed by atoms with Gasteiger partial charge in [-0.2, -0.15) is 0 Å². The van der Waals surface area contributed by atoms with E-state index in [-0.39, 0.29) is 17.7 Å². The quantitative estimate of drug-likeness (QED) is 0.663. The van der Waals surface area contributed by atoms with Gasteiger partial charge in [-0.05, 0) is 40.0 Å². The Morgan fingerprint density at radius 2 is 2.07 bits per heavy atom. The van der Waals surface area contributed by atoms with Gasteiger partial charge < -0.3 is 9.84 Å². The number of ether oxygens (including phenoxy) is 1. The molecule has 4 nitrogen and oxygen atoms in total. The van der Waals surface area contributed by atoms with Crippen LogP contribution in [0.2, 0.25) is 0 Å². The van der Waals surface area contributed by atoms with E-state index in [0.29, 0.717) is 13.0 Å². The zero-order valence-corrected chi connectivity index (χ0v) is 9.62. The fourth-order valence-electron chi connectivity index (χ4n) is 2.22. The smallest absolute Gasteiger partial charge is 0.410 e. The highest BCUT2D eigenvalue weighted by Gasteiger charge is 2.56. The average Bonchev–Trinajstić information content (AvgIpc) is 2.68. The van der Waals surface area contributed by atoms with E-state index >= 15 is 0 Å². The van der Waals surface area contributed by atoms with Gasteiger partial charge in [0.25, 0.3) is 0 Å². The Kier molecular flexibility index (Phi) is 2.23. The number of carbonyl (C=O) groups is 1. The number of β-amino-alcohol motifs (C(OH)–C–C–N with tert-alkyl or cyclic N) is 1. The van der Waals surface area contributed by atoms with E-state index in [0.717, 1.165) is 12.8 Å². The van der Waals surface area contributed by atoms with Crippen LogP contribution in [0.5, 0.6) is 0 Å². The second kappa shape index (κ2) is 3.11. The molecule has 0 bridgehead atoms. The molecule has 0 aromatic heterocycles. The summed E-state index contributed by atoms with van der Waals surface area (Å²) in [7, 11) is 0. The molecule has 0 radical (unpaired) electrons. The van der Waals surface area contributed by atoms with Crippen molar-refractivity contribution in [3.63, 3.8) is 0 Å². The summed E-state index contributed by atoms with van der Waals surface area (Å²) in [4.78, 5) is 13.6. The lowest BCUT2D eigenvalue weighted by atomic mass is 10.2. The number of amides is 1. The maximum atomic E-state index is 11.9. The Balaban J connectivity index is 2.02. The van der Waals surface area contributed by atoms with Crippen molar-refractivity contribution in [1.82, 2.24) is 4.90 Å². The van der Waals surface area contributed by atoms with Crippen molar-refractivity contribution in [2.75, 3.05) is 6.54 Å². The van der Waals surface area contributed by atoms with Crippen LogP contribution in [0.4, 0.5) is 4.79 Å². The van der Waals surface area contributed by atoms with Crippen LogP contribution in [0, 0.1) is 0 Å². The monoisotopic (exact) mass is 213 g/mol. The summed E-state index contributed by atoms with van der Waals surface area (Å²) in [6, 6.07) is 0. The third kappa shape index (κ3) is 2.09. The normalized spacial score (nSPS) is 28.3. The minimum absolute atomic E-state index is 0.0677. The first kappa shape index (κ1) is 10.7. The first-order chi connectivity index (χ1) is 6.82. The number of rotatable bonds is 0. The molecular formula is C11H19NO3. The Labute approximate surface area is 90.2 Å². The number of carbonyl (C=O) groups excluding carboxylic acids is 1. The topological polar surface area (TPSA) is 49.8 Å². The molecule has 0 aromatic carbocycles. The Morgan fingerprint density at radius 1 is 1.47 bits per heavy atom. The van der Waals surface area contributed by atoms with Crippen molar-refractivity contribution < 1.29 is 14.6 Å². The summed E-state index contributed by atoms with van der Waals surface area (Å²) in [5, 5.41) is 9.57. The van der Waals surface area contributed by atoms with Crippen LogP contribution >= 0.6 is 0 Å². The molecule has 1 aliphatic carbocycles. The van der Waals surface area contributed by atoms with Gasteiger partial charge in [0.2, 0.25) is 0 Å². The summed E-state index contributed by atoms with van der Waals surface area (Å²) < 4.78 is 5.32. The first-order valence-corrected chi connectivity index (χ1v) is 5.51. The Hall–Kier alpha value is -0.770. The predicted molar refractivity (Wildman–Crippen MR) is 55.5 cm³/mol. The molecule has 1 amide bonds. The van der Waals surface area contributed by atoms with Crippen LogP contribution in [0.25, 0.3) is 0 Å². The minimum Gasteiger partial charge on any atom is -0.444 e. The minimum atomic E-state index is -0.458. The average molecular weight is 213 g/mol. The Morgan fingerprint density at radius 3 is 2.53 bits per heavy atom. The highest BCUT2D eigenvalue weighted by Crippen LogP contribution is 2.49. The van der Waals surface area contributed by atoms with Crippen LogP contribution in [0.3, 0.4) is 0 Å². The second-order valence-electron chi connectivity index (χ2n) is 5.67. The number of likely N-dealkylation sites (tertiary alicyclic amines) is 1. The van der Waals surface area contributed by atoms with Gasteiger partial charge in [-0.25, -0.2) is 4.79 Å². The molecule has 1 N–H and O–H groups in total. The maximum Gasteiger partial charge on any atom is 0.410 e. The van der Waals surface area contributed by atoms with E-state index in [2.05, 4.69) is 0 Å². The van der Waals surface area contributed by atoms with Crippen molar-refractivity contribution in [2.45, 2.75) is 57.3 Å². The fourth-order valence-corrected chi connectivity index (χ4v) is 2.22. The summed E-state index contributed by atoms with van der Waals surface area (Å²) in [6.45, 7) is 6.00. The van der Waals surface area contributed by atoms with E-state index < -0.39 is 5.60 Å². The van der Waals surface area contributed by atoms with Gasteiger partial charge in [0.15, 0.2) is 0 Å². The van der Waals surface area contributed by atoms with Crippen LogP contribution in [0.15, 0.2) is 0 Å². The van der Waals surface area contributed by atoms with Gasteiger partial charge in [-0.1, -0.05) is 0 Å². The van der Waals surface area contributed by atoms with E-state index in [1.165, 1.54) is 0 Å². The molecule has 2 aliphatic rings. The van der Waals surface area contributed by atoms with E-state index in [1.807, 2.05) is 20.8 Å². The molecule has 15 heavy (non-hydrogen) atoms. The summed E-state index contributed by atoms with van der Waals surface area (Å²) >= 11 is 0. The van der Waals surface area contributed by atoms with Crippen molar-refractivity contribution in [3.8, 4) is 0 Å². The van der Waals surface area contributed by atoms with Crippen molar-refractivity contribution >= 4 is 6.09 Å². The molecular weight excluding hydrogens is 194 g/mol. The van der Waals surface area contributed by atoms with Crippen molar-refractivity contribution in [2.24, 2.45) is 0 Å². The summed E-state index contributed by atoms with van der Waals surface area (Å²) in [5.41, 5.74) is -0.525. The van der Waals surface area contributed by atoms with Gasteiger partial charge in [0.1, 0.15) is 5.60 Å². The molecule has 2 rings (SSSR count). The molecule has 0 unspecified atom stereocenters. The van der Waals surface area contributed by atoms with Crippen LogP contribution in [-0.2, 0) is 4.74 Å². The first-order valence-electron chi connectivity index (χ1n) is 5.51. The van der Waals surface area contributed by atoms with E-state index in [9.17, 15) is 9.90 Å². The van der Waals surface area contributed by atoms with Crippen LogP contribution in [-0.4, -0.2) is 39.9 Å². The largest absolute Gasteiger partial charge is 0.444 e. The fraction of sp³-hybridized carbons (Fsp3) is 0.909.